The third-order valence-corrected chi connectivity index (χ3v) is 2.76. The van der Waals surface area contributed by atoms with Gasteiger partial charge in [-0.05, 0) is 12.8 Å². The predicted octanol–water partition coefficient (Wildman–Crippen LogP) is 1.75. The molecule has 3 nitrogen and oxygen atoms in total. The Hall–Kier alpha value is -0.780. The van der Waals surface area contributed by atoms with Crippen LogP contribution in [0.15, 0.2) is 0 Å². The standard InChI is InChI=1S/C10H16F3NO2/c11-10(12,13)6-8(15)14-7-9(16)4-2-1-3-5-9/h16H,1-7H2,(H,14,15). The highest BCUT2D eigenvalue weighted by Crippen LogP contribution is 2.27. The molecule has 2 N–H and O–H groups in total. The lowest BCUT2D eigenvalue weighted by Gasteiger charge is -2.32. The summed E-state index contributed by atoms with van der Waals surface area (Å²) in [5, 5.41) is 12.1. The van der Waals surface area contributed by atoms with Crippen molar-refractivity contribution in [3.05, 3.63) is 0 Å². The smallest absolute Gasteiger partial charge is 0.388 e. The molecule has 0 aromatic rings. The van der Waals surface area contributed by atoms with Gasteiger partial charge in [0.05, 0.1) is 5.60 Å². The van der Waals surface area contributed by atoms with Crippen molar-refractivity contribution in [1.29, 1.82) is 0 Å². The van der Waals surface area contributed by atoms with Crippen LogP contribution in [0.5, 0.6) is 0 Å². The largest absolute Gasteiger partial charge is 0.397 e. The topological polar surface area (TPSA) is 49.3 Å². The van der Waals surface area contributed by atoms with Crippen LogP contribution in [0.25, 0.3) is 0 Å². The summed E-state index contributed by atoms with van der Waals surface area (Å²) in [7, 11) is 0. The zero-order valence-corrected chi connectivity index (χ0v) is 8.94. The first-order valence-electron chi connectivity index (χ1n) is 5.37. The molecule has 1 fully saturated rings. The first-order chi connectivity index (χ1) is 7.31. The van der Waals surface area contributed by atoms with Gasteiger partial charge in [-0.15, -0.1) is 0 Å². The zero-order valence-electron chi connectivity index (χ0n) is 8.94. The number of rotatable bonds is 3. The molecule has 0 bridgehead atoms. The maximum absolute atomic E-state index is 11.8. The fraction of sp³-hybridized carbons (Fsp3) is 0.900. The average molecular weight is 239 g/mol. The molecule has 0 aromatic heterocycles. The van der Waals surface area contributed by atoms with Crippen LogP contribution in [0.2, 0.25) is 0 Å². The van der Waals surface area contributed by atoms with E-state index in [4.69, 9.17) is 0 Å². The van der Waals surface area contributed by atoms with Crippen LogP contribution >= 0.6 is 0 Å². The highest BCUT2D eigenvalue weighted by Gasteiger charge is 2.33. The van der Waals surface area contributed by atoms with E-state index in [9.17, 15) is 23.1 Å². The van der Waals surface area contributed by atoms with Gasteiger partial charge in [0.15, 0.2) is 0 Å². The van der Waals surface area contributed by atoms with Gasteiger partial charge in [0.2, 0.25) is 5.91 Å². The molecule has 1 aliphatic carbocycles. The second-order valence-electron chi connectivity index (χ2n) is 4.35. The Morgan fingerprint density at radius 2 is 1.81 bits per heavy atom. The molecule has 0 aliphatic heterocycles. The number of hydrogen-bond donors (Lipinski definition) is 2. The van der Waals surface area contributed by atoms with Gasteiger partial charge in [-0.1, -0.05) is 19.3 Å². The van der Waals surface area contributed by atoms with Gasteiger partial charge in [-0.25, -0.2) is 0 Å². The Bertz CT molecular complexity index is 247. The Kier molecular flexibility index (Phi) is 4.18. The van der Waals surface area contributed by atoms with Crippen molar-refractivity contribution in [3.63, 3.8) is 0 Å². The van der Waals surface area contributed by atoms with Crippen molar-refractivity contribution in [2.75, 3.05) is 6.54 Å². The molecule has 16 heavy (non-hydrogen) atoms. The van der Waals surface area contributed by atoms with Gasteiger partial charge in [0.1, 0.15) is 6.42 Å². The molecule has 0 saturated heterocycles. The molecule has 1 rings (SSSR count). The lowest BCUT2D eigenvalue weighted by Crippen LogP contribution is -2.44. The van der Waals surface area contributed by atoms with E-state index in [1.165, 1.54) is 0 Å². The van der Waals surface area contributed by atoms with Gasteiger partial charge in [-0.3, -0.25) is 4.79 Å². The van der Waals surface area contributed by atoms with Gasteiger partial charge < -0.3 is 10.4 Å². The number of nitrogens with one attached hydrogen (secondary N) is 1. The molecule has 1 aliphatic rings. The average Bonchev–Trinajstić information content (AvgIpc) is 2.14. The Morgan fingerprint density at radius 1 is 1.25 bits per heavy atom. The van der Waals surface area contributed by atoms with E-state index in [2.05, 4.69) is 5.32 Å². The summed E-state index contributed by atoms with van der Waals surface area (Å²) in [6.45, 7) is -0.0814. The summed E-state index contributed by atoms with van der Waals surface area (Å²) in [5.74, 6) is -1.08. The van der Waals surface area contributed by atoms with Crippen LogP contribution in [0.1, 0.15) is 38.5 Å². The molecule has 6 heteroatoms. The van der Waals surface area contributed by atoms with E-state index in [0.29, 0.717) is 12.8 Å². The first-order valence-corrected chi connectivity index (χ1v) is 5.37. The Balaban J connectivity index is 2.30. The quantitative estimate of drug-likeness (QED) is 0.788. The molecule has 0 aromatic carbocycles. The van der Waals surface area contributed by atoms with Crippen LogP contribution in [-0.2, 0) is 4.79 Å². The van der Waals surface area contributed by atoms with Crippen molar-refractivity contribution in [3.8, 4) is 0 Å². The summed E-state index contributed by atoms with van der Waals surface area (Å²) in [6.07, 6.45) is -2.16. The van der Waals surface area contributed by atoms with E-state index >= 15 is 0 Å². The molecule has 0 heterocycles. The van der Waals surface area contributed by atoms with E-state index in [0.717, 1.165) is 19.3 Å². The fourth-order valence-electron chi connectivity index (χ4n) is 1.89. The van der Waals surface area contributed by atoms with E-state index < -0.39 is 24.1 Å². The van der Waals surface area contributed by atoms with Crippen LogP contribution in [0, 0.1) is 0 Å². The van der Waals surface area contributed by atoms with Crippen molar-refractivity contribution < 1.29 is 23.1 Å². The summed E-state index contributed by atoms with van der Waals surface area (Å²) in [6, 6.07) is 0. The number of halogens is 3. The fourth-order valence-corrected chi connectivity index (χ4v) is 1.89. The van der Waals surface area contributed by atoms with E-state index in [1.807, 2.05) is 0 Å². The van der Waals surface area contributed by atoms with Crippen molar-refractivity contribution >= 4 is 5.91 Å². The molecule has 94 valence electrons. The number of carbonyl (C=O) groups is 1. The minimum atomic E-state index is -4.49. The van der Waals surface area contributed by atoms with Gasteiger partial charge in [0.25, 0.3) is 0 Å². The molecular formula is C10H16F3NO2. The van der Waals surface area contributed by atoms with Gasteiger partial charge in [-0.2, -0.15) is 13.2 Å². The minimum absolute atomic E-state index is 0.0814. The lowest BCUT2D eigenvalue weighted by molar-refractivity contribution is -0.154. The number of alkyl halides is 3. The van der Waals surface area contributed by atoms with E-state index in [1.54, 1.807) is 0 Å². The minimum Gasteiger partial charge on any atom is -0.388 e. The number of carbonyl (C=O) groups excluding carboxylic acids is 1. The number of hydrogen-bond acceptors (Lipinski definition) is 2. The predicted molar refractivity (Wildman–Crippen MR) is 51.7 cm³/mol. The first kappa shape index (κ1) is 13.3. The maximum atomic E-state index is 11.8. The second-order valence-corrected chi connectivity index (χ2v) is 4.35. The molecule has 0 atom stereocenters. The SMILES string of the molecule is O=C(CC(F)(F)F)NCC1(O)CCCCC1. The number of amides is 1. The summed E-state index contributed by atoms with van der Waals surface area (Å²) >= 11 is 0. The van der Waals surface area contributed by atoms with Gasteiger partial charge in [0, 0.05) is 6.54 Å². The second kappa shape index (κ2) is 5.03. The highest BCUT2D eigenvalue weighted by molar-refractivity contribution is 5.76. The third-order valence-electron chi connectivity index (χ3n) is 2.76. The van der Waals surface area contributed by atoms with Crippen LogP contribution in [0.4, 0.5) is 13.2 Å². The summed E-state index contributed by atoms with van der Waals surface area (Å²) < 4.78 is 35.5. The summed E-state index contributed by atoms with van der Waals surface area (Å²) in [5.41, 5.74) is -1.01. The van der Waals surface area contributed by atoms with Crippen molar-refractivity contribution in [2.24, 2.45) is 0 Å². The molecule has 0 radical (unpaired) electrons. The van der Waals surface area contributed by atoms with E-state index in [-0.39, 0.29) is 6.54 Å². The molecular weight excluding hydrogens is 223 g/mol. The Labute approximate surface area is 92.0 Å². The summed E-state index contributed by atoms with van der Waals surface area (Å²) in [4.78, 5) is 10.9. The van der Waals surface area contributed by atoms with Crippen LogP contribution in [-0.4, -0.2) is 29.3 Å². The lowest BCUT2D eigenvalue weighted by atomic mass is 9.85. The van der Waals surface area contributed by atoms with Crippen molar-refractivity contribution in [2.45, 2.75) is 50.3 Å². The van der Waals surface area contributed by atoms with Gasteiger partial charge >= 0.3 is 6.18 Å². The molecule has 0 unspecified atom stereocenters. The zero-order chi connectivity index (χ0) is 12.2. The molecule has 0 spiro atoms. The maximum Gasteiger partial charge on any atom is 0.397 e. The highest BCUT2D eigenvalue weighted by atomic mass is 19.4. The molecule has 1 saturated carbocycles. The third kappa shape index (κ3) is 4.83. The van der Waals surface area contributed by atoms with Crippen LogP contribution in [0.3, 0.4) is 0 Å². The monoisotopic (exact) mass is 239 g/mol. The Morgan fingerprint density at radius 3 is 2.31 bits per heavy atom. The van der Waals surface area contributed by atoms with Crippen molar-refractivity contribution in [1.82, 2.24) is 5.32 Å². The van der Waals surface area contributed by atoms with Crippen LogP contribution < -0.4 is 5.32 Å². The number of aliphatic hydroxyl groups is 1. The normalized spacial score (nSPS) is 20.5. The molecule has 1 amide bonds.